The molecule has 0 radical (unpaired) electrons. The molecule has 1 aliphatic rings. The van der Waals surface area contributed by atoms with Gasteiger partial charge in [-0.15, -0.1) is 0 Å². The quantitative estimate of drug-likeness (QED) is 0.820. The third kappa shape index (κ3) is 1.93. The van der Waals surface area contributed by atoms with Gasteiger partial charge in [0.05, 0.1) is 18.9 Å². The van der Waals surface area contributed by atoms with E-state index in [0.717, 1.165) is 28.9 Å². The molecule has 2 aromatic heterocycles. The number of ether oxygens (including phenoxy) is 1. The zero-order valence-electron chi connectivity index (χ0n) is 10.2. The van der Waals surface area contributed by atoms with Crippen molar-refractivity contribution in [3.63, 3.8) is 0 Å². The molecule has 1 aliphatic heterocycles. The lowest BCUT2D eigenvalue weighted by molar-refractivity contribution is 0.109. The highest BCUT2D eigenvalue weighted by Gasteiger charge is 2.17. The Labute approximate surface area is 105 Å². The third-order valence-electron chi connectivity index (χ3n) is 3.02. The summed E-state index contributed by atoms with van der Waals surface area (Å²) < 4.78 is 5.37. The number of rotatable bonds is 1. The van der Waals surface area contributed by atoms with Crippen molar-refractivity contribution in [3.05, 3.63) is 35.3 Å². The van der Waals surface area contributed by atoms with Gasteiger partial charge in [-0.1, -0.05) is 0 Å². The van der Waals surface area contributed by atoms with Gasteiger partial charge in [-0.3, -0.25) is 4.98 Å². The molecule has 0 amide bonds. The van der Waals surface area contributed by atoms with Crippen molar-refractivity contribution in [1.29, 1.82) is 0 Å². The molecule has 0 saturated carbocycles. The predicted molar refractivity (Wildman–Crippen MR) is 67.8 cm³/mol. The van der Waals surface area contributed by atoms with Gasteiger partial charge in [0.15, 0.2) is 5.82 Å². The number of fused-ring (bicyclic) bond motifs is 1. The SMILES string of the molecule is Cc1ccc(-c2nc(N)c3c(n2)CCOC3)cn1. The summed E-state index contributed by atoms with van der Waals surface area (Å²) in [5.41, 5.74) is 9.73. The van der Waals surface area contributed by atoms with Crippen LogP contribution in [-0.2, 0) is 17.8 Å². The zero-order valence-corrected chi connectivity index (χ0v) is 10.2. The van der Waals surface area contributed by atoms with E-state index in [0.29, 0.717) is 24.9 Å². The smallest absolute Gasteiger partial charge is 0.163 e. The number of nitrogens with zero attached hydrogens (tertiary/aromatic N) is 3. The molecule has 2 aromatic rings. The van der Waals surface area contributed by atoms with Crippen LogP contribution in [0.4, 0.5) is 5.82 Å². The Bertz CT molecular complexity index is 580. The van der Waals surface area contributed by atoms with Gasteiger partial charge in [-0.05, 0) is 19.1 Å². The molecule has 0 bridgehead atoms. The number of hydrogen-bond acceptors (Lipinski definition) is 5. The Morgan fingerprint density at radius 2 is 2.17 bits per heavy atom. The first-order chi connectivity index (χ1) is 8.74. The van der Waals surface area contributed by atoms with E-state index in [1.54, 1.807) is 6.20 Å². The van der Waals surface area contributed by atoms with Crippen LogP contribution in [-0.4, -0.2) is 21.6 Å². The molecule has 5 nitrogen and oxygen atoms in total. The number of nitrogen functional groups attached to an aromatic ring is 1. The molecular formula is C13H14N4O. The number of pyridine rings is 1. The van der Waals surface area contributed by atoms with Gasteiger partial charge < -0.3 is 10.5 Å². The fourth-order valence-electron chi connectivity index (χ4n) is 1.99. The number of anilines is 1. The summed E-state index contributed by atoms with van der Waals surface area (Å²) in [6, 6.07) is 3.90. The standard InChI is InChI=1S/C13H14N4O/c1-8-2-3-9(6-15-8)13-16-11-4-5-18-7-10(11)12(14)17-13/h2-3,6H,4-5,7H2,1H3,(H2,14,16,17). The van der Waals surface area contributed by atoms with E-state index in [2.05, 4.69) is 15.0 Å². The molecule has 0 unspecified atom stereocenters. The molecule has 2 N–H and O–H groups in total. The monoisotopic (exact) mass is 242 g/mol. The second-order valence-electron chi connectivity index (χ2n) is 4.35. The molecule has 92 valence electrons. The molecule has 0 fully saturated rings. The minimum Gasteiger partial charge on any atom is -0.383 e. The molecule has 0 spiro atoms. The van der Waals surface area contributed by atoms with Crippen LogP contribution in [0.1, 0.15) is 17.0 Å². The maximum absolute atomic E-state index is 5.96. The first-order valence-corrected chi connectivity index (χ1v) is 5.90. The Kier molecular flexibility index (Phi) is 2.68. The van der Waals surface area contributed by atoms with Crippen LogP contribution < -0.4 is 5.73 Å². The van der Waals surface area contributed by atoms with E-state index in [4.69, 9.17) is 10.5 Å². The molecule has 0 atom stereocenters. The molecule has 0 aromatic carbocycles. The first-order valence-electron chi connectivity index (χ1n) is 5.90. The number of aryl methyl sites for hydroxylation is 1. The Morgan fingerprint density at radius 3 is 2.94 bits per heavy atom. The van der Waals surface area contributed by atoms with E-state index < -0.39 is 0 Å². The van der Waals surface area contributed by atoms with Crippen LogP contribution in [0.3, 0.4) is 0 Å². The first kappa shape index (κ1) is 11.1. The van der Waals surface area contributed by atoms with Gasteiger partial charge in [0, 0.05) is 29.4 Å². The predicted octanol–water partition coefficient (Wildman–Crippen LogP) is 1.50. The maximum Gasteiger partial charge on any atom is 0.163 e. The largest absolute Gasteiger partial charge is 0.383 e. The third-order valence-corrected chi connectivity index (χ3v) is 3.02. The highest BCUT2D eigenvalue weighted by molar-refractivity contribution is 5.58. The van der Waals surface area contributed by atoms with Crippen molar-refractivity contribution in [2.75, 3.05) is 12.3 Å². The zero-order chi connectivity index (χ0) is 12.5. The van der Waals surface area contributed by atoms with Crippen molar-refractivity contribution >= 4 is 5.82 Å². The van der Waals surface area contributed by atoms with Crippen molar-refractivity contribution in [2.24, 2.45) is 0 Å². The van der Waals surface area contributed by atoms with Gasteiger partial charge in [-0.2, -0.15) is 0 Å². The Morgan fingerprint density at radius 1 is 1.28 bits per heavy atom. The summed E-state index contributed by atoms with van der Waals surface area (Å²) in [6.07, 6.45) is 2.56. The second kappa shape index (κ2) is 4.34. The highest BCUT2D eigenvalue weighted by atomic mass is 16.5. The van der Waals surface area contributed by atoms with E-state index in [1.165, 1.54) is 0 Å². The van der Waals surface area contributed by atoms with Gasteiger partial charge in [0.2, 0.25) is 0 Å². The average Bonchev–Trinajstić information content (AvgIpc) is 2.39. The van der Waals surface area contributed by atoms with E-state index in [1.807, 2.05) is 19.1 Å². The summed E-state index contributed by atoms with van der Waals surface area (Å²) >= 11 is 0. The van der Waals surface area contributed by atoms with Crippen LogP contribution in [0.25, 0.3) is 11.4 Å². The number of aromatic nitrogens is 3. The minimum absolute atomic E-state index is 0.508. The van der Waals surface area contributed by atoms with Crippen LogP contribution in [0, 0.1) is 6.92 Å². The summed E-state index contributed by atoms with van der Waals surface area (Å²) in [5.74, 6) is 1.15. The summed E-state index contributed by atoms with van der Waals surface area (Å²) in [5, 5.41) is 0. The van der Waals surface area contributed by atoms with Crippen molar-refractivity contribution < 1.29 is 4.74 Å². The van der Waals surface area contributed by atoms with Gasteiger partial charge in [0.25, 0.3) is 0 Å². The van der Waals surface area contributed by atoms with Crippen LogP contribution >= 0.6 is 0 Å². The average molecular weight is 242 g/mol. The number of nitrogens with two attached hydrogens (primary N) is 1. The second-order valence-corrected chi connectivity index (χ2v) is 4.35. The molecule has 3 rings (SSSR count). The maximum atomic E-state index is 5.96. The van der Waals surface area contributed by atoms with E-state index in [-0.39, 0.29) is 0 Å². The van der Waals surface area contributed by atoms with Crippen LogP contribution in [0.5, 0.6) is 0 Å². The molecule has 3 heterocycles. The van der Waals surface area contributed by atoms with Crippen LogP contribution in [0.15, 0.2) is 18.3 Å². The molecule has 0 aliphatic carbocycles. The highest BCUT2D eigenvalue weighted by Crippen LogP contribution is 2.23. The lowest BCUT2D eigenvalue weighted by Gasteiger charge is -2.17. The molecule has 18 heavy (non-hydrogen) atoms. The topological polar surface area (TPSA) is 73.9 Å². The van der Waals surface area contributed by atoms with Crippen molar-refractivity contribution in [1.82, 2.24) is 15.0 Å². The summed E-state index contributed by atoms with van der Waals surface area (Å²) in [6.45, 7) is 3.14. The molecular weight excluding hydrogens is 228 g/mol. The summed E-state index contributed by atoms with van der Waals surface area (Å²) in [4.78, 5) is 13.1. The molecule has 0 saturated heterocycles. The fourth-order valence-corrected chi connectivity index (χ4v) is 1.99. The Balaban J connectivity index is 2.08. The van der Waals surface area contributed by atoms with Crippen LogP contribution in [0.2, 0.25) is 0 Å². The lowest BCUT2D eigenvalue weighted by atomic mass is 10.1. The Hall–Kier alpha value is -2.01. The fraction of sp³-hybridized carbons (Fsp3) is 0.308. The number of hydrogen-bond donors (Lipinski definition) is 1. The lowest BCUT2D eigenvalue weighted by Crippen LogP contribution is -2.16. The van der Waals surface area contributed by atoms with Gasteiger partial charge >= 0.3 is 0 Å². The summed E-state index contributed by atoms with van der Waals surface area (Å²) in [7, 11) is 0. The van der Waals surface area contributed by atoms with Gasteiger partial charge in [0.1, 0.15) is 5.82 Å². The van der Waals surface area contributed by atoms with E-state index >= 15 is 0 Å². The van der Waals surface area contributed by atoms with Crippen molar-refractivity contribution in [3.8, 4) is 11.4 Å². The normalized spacial score (nSPS) is 14.3. The minimum atomic E-state index is 0.508. The van der Waals surface area contributed by atoms with Crippen molar-refractivity contribution in [2.45, 2.75) is 20.0 Å². The molecule has 5 heteroatoms. The van der Waals surface area contributed by atoms with E-state index in [9.17, 15) is 0 Å². The van der Waals surface area contributed by atoms with Gasteiger partial charge in [-0.25, -0.2) is 9.97 Å².